The molecule has 3 aromatic rings. The van der Waals surface area contributed by atoms with E-state index in [2.05, 4.69) is 9.71 Å². The summed E-state index contributed by atoms with van der Waals surface area (Å²) in [4.78, 5) is 38.2. The lowest BCUT2D eigenvalue weighted by Gasteiger charge is -2.09. The van der Waals surface area contributed by atoms with Crippen LogP contribution in [-0.4, -0.2) is 30.3 Å². The number of fused-ring (bicyclic) bond motifs is 1. The van der Waals surface area contributed by atoms with Crippen LogP contribution >= 0.6 is 11.3 Å². The molecule has 0 aliphatic carbocycles. The quantitative estimate of drug-likeness (QED) is 0.604. The molecule has 10 heteroatoms. The van der Waals surface area contributed by atoms with Gasteiger partial charge in [-0.25, -0.2) is 17.9 Å². The molecule has 8 nitrogen and oxygen atoms in total. The SMILES string of the molecule is CC(=O)c1cccc(S(=O)(=O)NCCn2c(=O)[nH]c3ccsc3c2=O)c1. The average Bonchev–Trinajstić information content (AvgIpc) is 3.06. The zero-order valence-electron chi connectivity index (χ0n) is 13.7. The van der Waals surface area contributed by atoms with Gasteiger partial charge in [0, 0.05) is 18.7 Å². The van der Waals surface area contributed by atoms with Gasteiger partial charge in [-0.05, 0) is 30.5 Å². The van der Waals surface area contributed by atoms with E-state index in [1.165, 1.54) is 42.5 Å². The molecule has 0 aliphatic rings. The molecule has 26 heavy (non-hydrogen) atoms. The van der Waals surface area contributed by atoms with E-state index in [1.807, 2.05) is 0 Å². The number of nitrogens with one attached hydrogen (secondary N) is 2. The van der Waals surface area contributed by atoms with Gasteiger partial charge in [0.15, 0.2) is 5.78 Å². The summed E-state index contributed by atoms with van der Waals surface area (Å²) < 4.78 is 28.4. The minimum absolute atomic E-state index is 0.0554. The lowest BCUT2D eigenvalue weighted by Crippen LogP contribution is -2.38. The first kappa shape index (κ1) is 18.2. The number of nitrogens with zero attached hydrogens (tertiary/aromatic N) is 1. The lowest BCUT2D eigenvalue weighted by molar-refractivity contribution is 0.101. The Morgan fingerprint density at radius 3 is 2.77 bits per heavy atom. The van der Waals surface area contributed by atoms with Gasteiger partial charge in [0.05, 0.1) is 10.4 Å². The Morgan fingerprint density at radius 2 is 2.04 bits per heavy atom. The summed E-state index contributed by atoms with van der Waals surface area (Å²) in [5.74, 6) is -0.246. The van der Waals surface area contributed by atoms with Gasteiger partial charge in [-0.3, -0.25) is 14.2 Å². The van der Waals surface area contributed by atoms with Crippen LogP contribution in [0, 0.1) is 0 Å². The van der Waals surface area contributed by atoms with Crippen LogP contribution in [0.15, 0.2) is 50.2 Å². The van der Waals surface area contributed by atoms with Gasteiger partial charge in [-0.2, -0.15) is 0 Å². The van der Waals surface area contributed by atoms with E-state index in [0.29, 0.717) is 10.2 Å². The molecule has 0 aliphatic heterocycles. The van der Waals surface area contributed by atoms with Crippen LogP contribution in [0.5, 0.6) is 0 Å². The molecule has 2 heterocycles. The zero-order chi connectivity index (χ0) is 18.9. The Bertz CT molecular complexity index is 1200. The van der Waals surface area contributed by atoms with Crippen molar-refractivity contribution in [1.82, 2.24) is 14.3 Å². The highest BCUT2D eigenvalue weighted by Crippen LogP contribution is 2.13. The van der Waals surface area contributed by atoms with Crippen LogP contribution in [0.1, 0.15) is 17.3 Å². The number of rotatable bonds is 6. The Kier molecular flexibility index (Phi) is 4.90. The zero-order valence-corrected chi connectivity index (χ0v) is 15.3. The summed E-state index contributed by atoms with van der Waals surface area (Å²) >= 11 is 1.20. The van der Waals surface area contributed by atoms with E-state index < -0.39 is 21.3 Å². The highest BCUT2D eigenvalue weighted by atomic mass is 32.2. The second-order valence-corrected chi connectivity index (χ2v) is 8.22. The van der Waals surface area contributed by atoms with Crippen LogP contribution in [0.3, 0.4) is 0 Å². The van der Waals surface area contributed by atoms with E-state index >= 15 is 0 Å². The van der Waals surface area contributed by atoms with Crippen LogP contribution in [0.25, 0.3) is 10.2 Å². The van der Waals surface area contributed by atoms with Crippen molar-refractivity contribution in [2.45, 2.75) is 18.4 Å². The third-order valence-electron chi connectivity index (χ3n) is 3.77. The van der Waals surface area contributed by atoms with Gasteiger partial charge < -0.3 is 4.98 Å². The summed E-state index contributed by atoms with van der Waals surface area (Å²) in [7, 11) is -3.87. The van der Waals surface area contributed by atoms with Crippen LogP contribution in [-0.2, 0) is 16.6 Å². The molecular weight excluding hydrogens is 378 g/mol. The van der Waals surface area contributed by atoms with Crippen molar-refractivity contribution in [1.29, 1.82) is 0 Å². The topological polar surface area (TPSA) is 118 Å². The predicted molar refractivity (Wildman–Crippen MR) is 98.3 cm³/mol. The fourth-order valence-corrected chi connectivity index (χ4v) is 4.30. The number of thiophene rings is 1. The summed E-state index contributed by atoms with van der Waals surface area (Å²) in [6.45, 7) is 1.08. The number of hydrogen-bond acceptors (Lipinski definition) is 6. The molecule has 2 N–H and O–H groups in total. The summed E-state index contributed by atoms with van der Waals surface area (Å²) in [6.07, 6.45) is 0. The predicted octanol–water partition coefficient (Wildman–Crippen LogP) is 0.932. The fourth-order valence-electron chi connectivity index (χ4n) is 2.43. The molecule has 1 aromatic carbocycles. The van der Waals surface area contributed by atoms with Gasteiger partial charge in [0.2, 0.25) is 10.0 Å². The van der Waals surface area contributed by atoms with Gasteiger partial charge in [-0.15, -0.1) is 11.3 Å². The van der Waals surface area contributed by atoms with Gasteiger partial charge in [0.25, 0.3) is 5.56 Å². The van der Waals surface area contributed by atoms with Crippen molar-refractivity contribution in [3.05, 3.63) is 62.1 Å². The molecule has 0 saturated carbocycles. The molecule has 0 amide bonds. The first-order chi connectivity index (χ1) is 12.3. The number of aromatic nitrogens is 2. The molecule has 0 fully saturated rings. The minimum Gasteiger partial charge on any atom is -0.306 e. The number of hydrogen-bond donors (Lipinski definition) is 2. The molecule has 0 spiro atoms. The highest BCUT2D eigenvalue weighted by Gasteiger charge is 2.16. The third kappa shape index (κ3) is 3.52. The van der Waals surface area contributed by atoms with E-state index in [1.54, 1.807) is 11.4 Å². The molecule has 136 valence electrons. The number of ketones is 1. The minimum atomic E-state index is -3.87. The summed E-state index contributed by atoms with van der Waals surface area (Å²) in [5, 5.41) is 1.69. The number of carbonyl (C=O) groups excluding carboxylic acids is 1. The molecule has 3 rings (SSSR count). The monoisotopic (exact) mass is 393 g/mol. The van der Waals surface area contributed by atoms with E-state index in [9.17, 15) is 22.8 Å². The Morgan fingerprint density at radius 1 is 1.27 bits per heavy atom. The average molecular weight is 393 g/mol. The highest BCUT2D eigenvalue weighted by molar-refractivity contribution is 7.89. The third-order valence-corrected chi connectivity index (χ3v) is 6.13. The molecule has 2 aromatic heterocycles. The summed E-state index contributed by atoms with van der Waals surface area (Å²) in [6, 6.07) is 7.28. The van der Waals surface area contributed by atoms with Crippen molar-refractivity contribution < 1.29 is 13.2 Å². The number of benzene rings is 1. The molecule has 0 radical (unpaired) electrons. The van der Waals surface area contributed by atoms with Crippen molar-refractivity contribution >= 4 is 37.4 Å². The Labute approximate surface area is 152 Å². The summed E-state index contributed by atoms with van der Waals surface area (Å²) in [5.41, 5.74) is -0.318. The number of Topliss-reactive ketones (excluding diaryl/α,β-unsaturated/α-hetero) is 1. The first-order valence-electron chi connectivity index (χ1n) is 7.60. The van der Waals surface area contributed by atoms with Crippen molar-refractivity contribution in [2.75, 3.05) is 6.54 Å². The van der Waals surface area contributed by atoms with Crippen molar-refractivity contribution in [2.24, 2.45) is 0 Å². The Hall–Kier alpha value is -2.56. The molecule has 0 atom stereocenters. The second-order valence-electron chi connectivity index (χ2n) is 5.53. The van der Waals surface area contributed by atoms with Gasteiger partial charge >= 0.3 is 5.69 Å². The molecule has 0 unspecified atom stereocenters. The van der Waals surface area contributed by atoms with E-state index in [4.69, 9.17) is 0 Å². The molecule has 0 saturated heterocycles. The normalized spacial score (nSPS) is 11.7. The number of sulfonamides is 1. The van der Waals surface area contributed by atoms with Crippen LogP contribution in [0.4, 0.5) is 0 Å². The second kappa shape index (κ2) is 6.98. The number of carbonyl (C=O) groups is 1. The van der Waals surface area contributed by atoms with Crippen LogP contribution in [0.2, 0.25) is 0 Å². The largest absolute Gasteiger partial charge is 0.328 e. The standard InChI is InChI=1S/C16H15N3O5S2/c1-10(20)11-3-2-4-12(9-11)26(23,24)17-6-7-19-15(21)14-13(5-8-25-14)18-16(19)22/h2-5,8-9,17H,6-7H2,1H3,(H,18,22). The lowest BCUT2D eigenvalue weighted by atomic mass is 10.2. The van der Waals surface area contributed by atoms with Crippen molar-refractivity contribution in [3.8, 4) is 0 Å². The number of H-pyrrole nitrogens is 1. The van der Waals surface area contributed by atoms with Gasteiger partial charge in [0.1, 0.15) is 4.70 Å². The van der Waals surface area contributed by atoms with Crippen molar-refractivity contribution in [3.63, 3.8) is 0 Å². The molecule has 0 bridgehead atoms. The Balaban J connectivity index is 1.79. The maximum absolute atomic E-state index is 12.3. The molecular formula is C16H15N3O5S2. The number of aromatic amines is 1. The fraction of sp³-hybridized carbons (Fsp3) is 0.188. The van der Waals surface area contributed by atoms with Gasteiger partial charge in [-0.1, -0.05) is 12.1 Å². The smallest absolute Gasteiger partial charge is 0.306 e. The van der Waals surface area contributed by atoms with Crippen LogP contribution < -0.4 is 16.0 Å². The maximum atomic E-state index is 12.3. The van der Waals surface area contributed by atoms with E-state index in [0.717, 1.165) is 4.57 Å². The first-order valence-corrected chi connectivity index (χ1v) is 9.97. The maximum Gasteiger partial charge on any atom is 0.328 e. The van der Waals surface area contributed by atoms with E-state index in [-0.39, 0.29) is 29.3 Å².